The molecule has 19 heavy (non-hydrogen) atoms. The van der Waals surface area contributed by atoms with Crippen molar-refractivity contribution < 1.29 is 9.72 Å². The largest absolute Gasteiger partial charge is 0.319 e. The number of aromatic amines is 1. The van der Waals surface area contributed by atoms with Crippen molar-refractivity contribution in [3.05, 3.63) is 50.2 Å². The van der Waals surface area contributed by atoms with Crippen LogP contribution in [0.15, 0.2) is 24.4 Å². The van der Waals surface area contributed by atoms with E-state index in [0.717, 1.165) is 6.07 Å². The SMILES string of the molecule is O=C(Nc1cc([N+](=O)[O-])ccc1Cl)c1[nH]ncc1Cl. The Hall–Kier alpha value is -2.12. The summed E-state index contributed by atoms with van der Waals surface area (Å²) in [4.78, 5) is 21.9. The van der Waals surface area contributed by atoms with Crippen molar-refractivity contribution in [3.63, 3.8) is 0 Å². The predicted octanol–water partition coefficient (Wildman–Crippen LogP) is 2.88. The van der Waals surface area contributed by atoms with Crippen LogP contribution in [0.5, 0.6) is 0 Å². The fourth-order valence-electron chi connectivity index (χ4n) is 1.34. The number of nitro benzene ring substituents is 1. The zero-order valence-corrected chi connectivity index (χ0v) is 10.7. The molecule has 9 heteroatoms. The number of aromatic nitrogens is 2. The number of carbonyl (C=O) groups excluding carboxylic acids is 1. The molecule has 98 valence electrons. The zero-order chi connectivity index (χ0) is 14.0. The van der Waals surface area contributed by atoms with Gasteiger partial charge in [0.2, 0.25) is 0 Å². The summed E-state index contributed by atoms with van der Waals surface area (Å²) < 4.78 is 0. The number of H-pyrrole nitrogens is 1. The number of nitrogens with zero attached hydrogens (tertiary/aromatic N) is 2. The van der Waals surface area contributed by atoms with Gasteiger partial charge in [-0.05, 0) is 6.07 Å². The van der Waals surface area contributed by atoms with Crippen LogP contribution < -0.4 is 5.32 Å². The lowest BCUT2D eigenvalue weighted by Gasteiger charge is -2.06. The first kappa shape index (κ1) is 13.3. The normalized spacial score (nSPS) is 10.2. The van der Waals surface area contributed by atoms with E-state index in [1.54, 1.807) is 0 Å². The molecule has 1 heterocycles. The Morgan fingerprint density at radius 3 is 2.68 bits per heavy atom. The van der Waals surface area contributed by atoms with E-state index in [4.69, 9.17) is 23.2 Å². The summed E-state index contributed by atoms with van der Waals surface area (Å²) in [6, 6.07) is 3.72. The highest BCUT2D eigenvalue weighted by Gasteiger charge is 2.16. The average molecular weight is 301 g/mol. The Labute approximate surface area is 116 Å². The summed E-state index contributed by atoms with van der Waals surface area (Å²) >= 11 is 11.6. The van der Waals surface area contributed by atoms with Gasteiger partial charge >= 0.3 is 0 Å². The molecule has 7 nitrogen and oxygen atoms in total. The number of nitro groups is 1. The molecule has 0 spiro atoms. The third-order valence-corrected chi connectivity index (χ3v) is 2.85. The number of amides is 1. The van der Waals surface area contributed by atoms with Gasteiger partial charge in [0.1, 0.15) is 5.69 Å². The van der Waals surface area contributed by atoms with Crippen LogP contribution in [-0.2, 0) is 0 Å². The lowest BCUT2D eigenvalue weighted by atomic mass is 10.2. The summed E-state index contributed by atoms with van der Waals surface area (Å²) in [5.74, 6) is -0.593. The van der Waals surface area contributed by atoms with Crippen molar-refractivity contribution in [1.29, 1.82) is 0 Å². The minimum Gasteiger partial charge on any atom is -0.319 e. The molecule has 2 N–H and O–H groups in total. The minimum atomic E-state index is -0.593. The minimum absolute atomic E-state index is 0.0456. The first-order chi connectivity index (χ1) is 8.99. The number of anilines is 1. The first-order valence-corrected chi connectivity index (χ1v) is 5.69. The van der Waals surface area contributed by atoms with E-state index in [0.29, 0.717) is 0 Å². The highest BCUT2D eigenvalue weighted by Crippen LogP contribution is 2.27. The van der Waals surface area contributed by atoms with Crippen LogP contribution in [0.4, 0.5) is 11.4 Å². The Kier molecular flexibility index (Phi) is 3.68. The zero-order valence-electron chi connectivity index (χ0n) is 9.18. The van der Waals surface area contributed by atoms with Gasteiger partial charge in [0.15, 0.2) is 0 Å². The standard InChI is InChI=1S/C10H6Cl2N4O3/c11-6-2-1-5(16(18)19)3-8(6)14-10(17)9-7(12)4-13-15-9/h1-4H,(H,13,15)(H,14,17). The fourth-order valence-corrected chi connectivity index (χ4v) is 1.68. The van der Waals surface area contributed by atoms with E-state index in [2.05, 4.69) is 15.5 Å². The highest BCUT2D eigenvalue weighted by atomic mass is 35.5. The third-order valence-electron chi connectivity index (χ3n) is 2.23. The van der Waals surface area contributed by atoms with Crippen molar-refractivity contribution in [2.75, 3.05) is 5.32 Å². The Bertz CT molecular complexity index is 656. The maximum absolute atomic E-state index is 11.8. The van der Waals surface area contributed by atoms with Crippen LogP contribution in [-0.4, -0.2) is 21.0 Å². The number of benzene rings is 1. The molecule has 0 atom stereocenters. The van der Waals surface area contributed by atoms with Crippen LogP contribution in [0.25, 0.3) is 0 Å². The Morgan fingerprint density at radius 1 is 1.37 bits per heavy atom. The number of nitrogens with one attached hydrogen (secondary N) is 2. The highest BCUT2D eigenvalue weighted by molar-refractivity contribution is 6.35. The molecule has 1 aromatic heterocycles. The molecular formula is C10H6Cl2N4O3. The van der Waals surface area contributed by atoms with Gasteiger partial charge < -0.3 is 5.32 Å². The molecule has 2 aromatic rings. The van der Waals surface area contributed by atoms with Gasteiger partial charge in [-0.1, -0.05) is 23.2 Å². The summed E-state index contributed by atoms with van der Waals surface area (Å²) in [5.41, 5.74) is -0.0221. The lowest BCUT2D eigenvalue weighted by Crippen LogP contribution is -2.13. The van der Waals surface area contributed by atoms with E-state index in [9.17, 15) is 14.9 Å². The number of carbonyl (C=O) groups is 1. The molecule has 1 amide bonds. The topological polar surface area (TPSA) is 101 Å². The molecular weight excluding hydrogens is 295 g/mol. The van der Waals surface area contributed by atoms with Crippen LogP contribution >= 0.6 is 23.2 Å². The average Bonchev–Trinajstić information content (AvgIpc) is 2.78. The van der Waals surface area contributed by atoms with Gasteiger partial charge in [0.05, 0.1) is 26.9 Å². The molecule has 1 aromatic carbocycles. The molecule has 0 radical (unpaired) electrons. The monoisotopic (exact) mass is 300 g/mol. The van der Waals surface area contributed by atoms with Gasteiger partial charge in [-0.15, -0.1) is 0 Å². The van der Waals surface area contributed by atoms with Crippen molar-refractivity contribution in [2.24, 2.45) is 0 Å². The molecule has 0 unspecified atom stereocenters. The summed E-state index contributed by atoms with van der Waals surface area (Å²) in [7, 11) is 0. The number of rotatable bonds is 3. The van der Waals surface area contributed by atoms with Gasteiger partial charge in [0.25, 0.3) is 11.6 Å². The van der Waals surface area contributed by atoms with Gasteiger partial charge in [-0.2, -0.15) is 5.10 Å². The number of hydrogen-bond acceptors (Lipinski definition) is 4. The Balaban J connectivity index is 2.28. The van der Waals surface area contributed by atoms with Gasteiger partial charge in [-0.3, -0.25) is 20.0 Å². The maximum Gasteiger partial charge on any atom is 0.275 e. The third kappa shape index (κ3) is 2.83. The van der Waals surface area contributed by atoms with Crippen molar-refractivity contribution in [2.45, 2.75) is 0 Å². The van der Waals surface area contributed by atoms with Crippen LogP contribution in [0.2, 0.25) is 10.0 Å². The van der Waals surface area contributed by atoms with Crippen LogP contribution in [0.1, 0.15) is 10.5 Å². The molecule has 0 aliphatic heterocycles. The quantitative estimate of drug-likeness (QED) is 0.672. The van der Waals surface area contributed by atoms with Crippen molar-refractivity contribution in [1.82, 2.24) is 10.2 Å². The molecule has 2 rings (SSSR count). The summed E-state index contributed by atoms with van der Waals surface area (Å²) in [6.45, 7) is 0. The Morgan fingerprint density at radius 2 is 2.11 bits per heavy atom. The lowest BCUT2D eigenvalue weighted by molar-refractivity contribution is -0.384. The summed E-state index contributed by atoms with van der Waals surface area (Å²) in [5, 5.41) is 19.4. The number of non-ortho nitro benzene ring substituents is 1. The second kappa shape index (κ2) is 5.25. The fraction of sp³-hybridized carbons (Fsp3) is 0. The molecule has 0 aliphatic rings. The van der Waals surface area contributed by atoms with E-state index in [1.807, 2.05) is 0 Å². The molecule has 0 saturated heterocycles. The molecule has 0 saturated carbocycles. The van der Waals surface area contributed by atoms with Crippen molar-refractivity contribution >= 4 is 40.5 Å². The molecule has 0 bridgehead atoms. The molecule has 0 aliphatic carbocycles. The van der Waals surface area contributed by atoms with E-state index in [1.165, 1.54) is 18.3 Å². The van der Waals surface area contributed by atoms with E-state index < -0.39 is 10.8 Å². The predicted molar refractivity (Wildman–Crippen MR) is 69.7 cm³/mol. The second-order valence-corrected chi connectivity index (χ2v) is 4.28. The second-order valence-electron chi connectivity index (χ2n) is 3.47. The number of halogens is 2. The number of hydrogen-bond donors (Lipinski definition) is 2. The maximum atomic E-state index is 11.8. The van der Waals surface area contributed by atoms with Crippen LogP contribution in [0, 0.1) is 10.1 Å². The van der Waals surface area contributed by atoms with Crippen molar-refractivity contribution in [3.8, 4) is 0 Å². The first-order valence-electron chi connectivity index (χ1n) is 4.93. The smallest absolute Gasteiger partial charge is 0.275 e. The summed E-state index contributed by atoms with van der Waals surface area (Å²) in [6.07, 6.45) is 1.27. The van der Waals surface area contributed by atoms with E-state index >= 15 is 0 Å². The van der Waals surface area contributed by atoms with Crippen LogP contribution in [0.3, 0.4) is 0 Å². The van der Waals surface area contributed by atoms with E-state index in [-0.39, 0.29) is 27.1 Å². The van der Waals surface area contributed by atoms with Gasteiger partial charge in [0, 0.05) is 12.1 Å². The van der Waals surface area contributed by atoms with Gasteiger partial charge in [-0.25, -0.2) is 0 Å². The molecule has 0 fully saturated rings.